The number of methoxy groups -OCH3 is 2. The molecule has 0 aliphatic heterocycles. The fourth-order valence-electron chi connectivity index (χ4n) is 4.28. The van der Waals surface area contributed by atoms with E-state index in [2.05, 4.69) is 24.4 Å². The summed E-state index contributed by atoms with van der Waals surface area (Å²) in [6.45, 7) is 7.85. The molecule has 1 amide bonds. The van der Waals surface area contributed by atoms with Crippen molar-refractivity contribution in [1.29, 1.82) is 0 Å². The Morgan fingerprint density at radius 3 is 2.19 bits per heavy atom. The van der Waals surface area contributed by atoms with Crippen LogP contribution >= 0.6 is 0 Å². The maximum absolute atomic E-state index is 13.7. The molecule has 3 aromatic rings. The highest BCUT2D eigenvalue weighted by atomic mass is 32.2. The minimum atomic E-state index is -4.01. The van der Waals surface area contributed by atoms with Crippen molar-refractivity contribution in [1.82, 2.24) is 9.62 Å². The third-order valence-corrected chi connectivity index (χ3v) is 8.37. The summed E-state index contributed by atoms with van der Waals surface area (Å²) >= 11 is 0. The van der Waals surface area contributed by atoms with Crippen LogP contribution in [0.5, 0.6) is 11.5 Å². The summed E-state index contributed by atoms with van der Waals surface area (Å²) in [6, 6.07) is 17.9. The van der Waals surface area contributed by atoms with E-state index < -0.39 is 10.0 Å². The monoisotopic (exact) mass is 524 g/mol. The molecule has 1 N–H and O–H groups in total. The number of aryl methyl sites for hydroxylation is 3. The van der Waals surface area contributed by atoms with Crippen molar-refractivity contribution in [3.8, 4) is 11.5 Å². The third-order valence-electron chi connectivity index (χ3n) is 6.53. The van der Waals surface area contributed by atoms with Gasteiger partial charge in [-0.15, -0.1) is 0 Å². The molecule has 3 rings (SSSR count). The molecule has 0 spiro atoms. The Morgan fingerprint density at radius 2 is 1.54 bits per heavy atom. The predicted molar refractivity (Wildman–Crippen MR) is 146 cm³/mol. The zero-order valence-corrected chi connectivity index (χ0v) is 23.2. The van der Waals surface area contributed by atoms with Crippen molar-refractivity contribution < 1.29 is 22.7 Å². The lowest BCUT2D eigenvalue weighted by molar-refractivity contribution is -0.121. The third kappa shape index (κ3) is 6.90. The number of amides is 1. The summed E-state index contributed by atoms with van der Waals surface area (Å²) in [7, 11) is -1.07. The van der Waals surface area contributed by atoms with Crippen molar-refractivity contribution in [3.63, 3.8) is 0 Å². The fraction of sp³-hybridized carbons (Fsp3) is 0.345. The summed E-state index contributed by atoms with van der Waals surface area (Å²) in [4.78, 5) is 13.2. The highest BCUT2D eigenvalue weighted by molar-refractivity contribution is 7.89. The van der Waals surface area contributed by atoms with Crippen LogP contribution in [0.25, 0.3) is 0 Å². The average Bonchev–Trinajstić information content (AvgIpc) is 2.88. The summed E-state index contributed by atoms with van der Waals surface area (Å²) in [5, 5.41) is 2.99. The van der Waals surface area contributed by atoms with E-state index in [0.717, 1.165) is 22.3 Å². The number of nitrogens with zero attached hydrogens (tertiary/aromatic N) is 1. The standard InChI is InChI=1S/C29H36N2O5S/c1-20-16-22(3)26(17-21(20)2)23(4)30-29(32)19-31(15-14-24-10-8-7-9-11-24)37(33,34)25-12-13-27(35-5)28(18-25)36-6/h7-13,16-18,23H,14-15,19H2,1-6H3,(H,30,32)/t23-/m0/s1. The Kier molecular flexibility index (Phi) is 9.34. The van der Waals surface area contributed by atoms with E-state index in [1.807, 2.05) is 51.1 Å². The first-order valence-corrected chi connectivity index (χ1v) is 13.6. The molecule has 0 bridgehead atoms. The number of hydrogen-bond acceptors (Lipinski definition) is 5. The highest BCUT2D eigenvalue weighted by Gasteiger charge is 2.28. The molecule has 37 heavy (non-hydrogen) atoms. The van der Waals surface area contributed by atoms with E-state index in [4.69, 9.17) is 9.47 Å². The van der Waals surface area contributed by atoms with Gasteiger partial charge in [-0.3, -0.25) is 4.79 Å². The van der Waals surface area contributed by atoms with Crippen molar-refractivity contribution in [2.45, 2.75) is 45.1 Å². The minimum absolute atomic E-state index is 0.0315. The average molecular weight is 525 g/mol. The number of nitrogens with one attached hydrogen (secondary N) is 1. The number of sulfonamides is 1. The van der Waals surface area contributed by atoms with Crippen LogP contribution in [-0.4, -0.2) is 45.9 Å². The van der Waals surface area contributed by atoms with Crippen LogP contribution in [0, 0.1) is 20.8 Å². The maximum Gasteiger partial charge on any atom is 0.243 e. The predicted octanol–water partition coefficient (Wildman–Crippen LogP) is 4.74. The van der Waals surface area contributed by atoms with E-state index in [0.29, 0.717) is 17.9 Å². The summed E-state index contributed by atoms with van der Waals surface area (Å²) in [5.41, 5.74) is 5.40. The molecule has 8 heteroatoms. The molecule has 0 fully saturated rings. The van der Waals surface area contributed by atoms with Gasteiger partial charge in [0.2, 0.25) is 15.9 Å². The minimum Gasteiger partial charge on any atom is -0.493 e. The van der Waals surface area contributed by atoms with Gasteiger partial charge in [0.1, 0.15) is 0 Å². The largest absolute Gasteiger partial charge is 0.493 e. The van der Waals surface area contributed by atoms with Gasteiger partial charge in [-0.25, -0.2) is 8.42 Å². The van der Waals surface area contributed by atoms with E-state index in [9.17, 15) is 13.2 Å². The normalized spacial score (nSPS) is 12.3. The quantitative estimate of drug-likeness (QED) is 0.392. The van der Waals surface area contributed by atoms with Gasteiger partial charge in [-0.05, 0) is 74.1 Å². The first kappa shape index (κ1) is 28.2. The van der Waals surface area contributed by atoms with E-state index in [-0.39, 0.29) is 29.9 Å². The Bertz CT molecular complexity index is 1340. The molecule has 0 aliphatic rings. The van der Waals surface area contributed by atoms with Gasteiger partial charge in [0.05, 0.1) is 31.7 Å². The molecule has 0 aromatic heterocycles. The number of hydrogen-bond donors (Lipinski definition) is 1. The van der Waals surface area contributed by atoms with Crippen molar-refractivity contribution >= 4 is 15.9 Å². The van der Waals surface area contributed by atoms with Crippen LogP contribution in [0.3, 0.4) is 0 Å². The first-order valence-electron chi connectivity index (χ1n) is 12.2. The zero-order chi connectivity index (χ0) is 27.2. The van der Waals surface area contributed by atoms with E-state index in [1.165, 1.54) is 36.2 Å². The summed E-state index contributed by atoms with van der Waals surface area (Å²) in [5.74, 6) is 0.352. The van der Waals surface area contributed by atoms with Crippen LogP contribution in [0.4, 0.5) is 0 Å². The molecule has 0 aliphatic carbocycles. The van der Waals surface area contributed by atoms with Crippen LogP contribution < -0.4 is 14.8 Å². The lowest BCUT2D eigenvalue weighted by Crippen LogP contribution is -2.42. The van der Waals surface area contributed by atoms with Crippen molar-refractivity contribution in [2.24, 2.45) is 0 Å². The molecule has 7 nitrogen and oxygen atoms in total. The zero-order valence-electron chi connectivity index (χ0n) is 22.4. The van der Waals surface area contributed by atoms with Crippen LogP contribution in [0.1, 0.15) is 40.8 Å². The number of carbonyl (C=O) groups excluding carboxylic acids is 1. The molecule has 0 unspecified atom stereocenters. The summed E-state index contributed by atoms with van der Waals surface area (Å²) in [6.07, 6.45) is 0.465. The second-order valence-electron chi connectivity index (χ2n) is 9.17. The molecular formula is C29H36N2O5S. The van der Waals surface area contributed by atoms with E-state index >= 15 is 0 Å². The maximum atomic E-state index is 13.7. The number of rotatable bonds is 11. The van der Waals surface area contributed by atoms with Crippen LogP contribution in [-0.2, 0) is 21.2 Å². The SMILES string of the molecule is COc1ccc(S(=O)(=O)N(CCc2ccccc2)CC(=O)N[C@@H](C)c2cc(C)c(C)cc2C)cc1OC. The van der Waals surface area contributed by atoms with Gasteiger partial charge in [-0.2, -0.15) is 4.31 Å². The second kappa shape index (κ2) is 12.3. The fourth-order valence-corrected chi connectivity index (χ4v) is 5.70. The number of ether oxygens (including phenoxy) is 2. The van der Waals surface area contributed by atoms with E-state index in [1.54, 1.807) is 6.07 Å². The van der Waals surface area contributed by atoms with Gasteiger partial charge < -0.3 is 14.8 Å². The second-order valence-corrected chi connectivity index (χ2v) is 11.1. The Labute approximate surface area is 220 Å². The molecule has 0 saturated heterocycles. The van der Waals surface area contributed by atoms with Gasteiger partial charge >= 0.3 is 0 Å². The lowest BCUT2D eigenvalue weighted by atomic mass is 9.96. The smallest absolute Gasteiger partial charge is 0.243 e. The van der Waals surface area contributed by atoms with Gasteiger partial charge in [0, 0.05) is 12.6 Å². The molecule has 3 aromatic carbocycles. The van der Waals surface area contributed by atoms with Crippen molar-refractivity contribution in [3.05, 3.63) is 88.5 Å². The molecule has 198 valence electrons. The molecule has 0 heterocycles. The molecule has 1 atom stereocenters. The Balaban J connectivity index is 1.86. The van der Waals surface area contributed by atoms with Gasteiger partial charge in [0.15, 0.2) is 11.5 Å². The summed E-state index contributed by atoms with van der Waals surface area (Å²) < 4.78 is 39.2. The Morgan fingerprint density at radius 1 is 0.892 bits per heavy atom. The topological polar surface area (TPSA) is 84.9 Å². The lowest BCUT2D eigenvalue weighted by Gasteiger charge is -2.24. The van der Waals surface area contributed by atoms with Gasteiger partial charge in [0.25, 0.3) is 0 Å². The van der Waals surface area contributed by atoms with Crippen LogP contribution in [0.15, 0.2) is 65.6 Å². The molecule has 0 saturated carbocycles. The number of carbonyl (C=O) groups is 1. The Hall–Kier alpha value is -3.36. The van der Waals surface area contributed by atoms with Gasteiger partial charge in [-0.1, -0.05) is 42.5 Å². The first-order chi connectivity index (χ1) is 17.6. The molecular weight excluding hydrogens is 488 g/mol. The highest BCUT2D eigenvalue weighted by Crippen LogP contribution is 2.31. The molecule has 0 radical (unpaired) electrons. The van der Waals surface area contributed by atoms with Crippen molar-refractivity contribution in [2.75, 3.05) is 27.3 Å². The van der Waals surface area contributed by atoms with Crippen LogP contribution in [0.2, 0.25) is 0 Å². The number of benzene rings is 3.